The van der Waals surface area contributed by atoms with Crippen LogP contribution in [0.25, 0.3) is 6.08 Å². The number of anilines is 3. The Balaban J connectivity index is 1.74. The van der Waals surface area contributed by atoms with Crippen LogP contribution in [0.15, 0.2) is 60.9 Å². The zero-order chi connectivity index (χ0) is 25.8. The number of rotatable bonds is 12. The second-order valence-corrected chi connectivity index (χ2v) is 7.50. The fourth-order valence-corrected chi connectivity index (χ4v) is 3.13. The number of para-hydroxylation sites is 1. The molecule has 0 spiro atoms. The van der Waals surface area contributed by atoms with Gasteiger partial charge in [0, 0.05) is 24.0 Å². The zero-order valence-electron chi connectivity index (χ0n) is 19.6. The van der Waals surface area contributed by atoms with Gasteiger partial charge in [0.05, 0.1) is 17.9 Å². The molecule has 0 aliphatic rings. The van der Waals surface area contributed by atoms with Gasteiger partial charge in [-0.1, -0.05) is 31.9 Å². The molecule has 0 aliphatic heterocycles. The Kier molecular flexibility index (Phi) is 9.70. The molecule has 3 rings (SSSR count). The lowest BCUT2D eigenvalue weighted by Crippen LogP contribution is -2.11. The smallest absolute Gasteiger partial charge is 0.387 e. The summed E-state index contributed by atoms with van der Waals surface area (Å²) in [7, 11) is 0. The lowest BCUT2D eigenvalue weighted by atomic mass is 10.1. The average molecular weight is 494 g/mol. The molecular formula is C26H25F2N5O3. The Bertz CT molecular complexity index is 1230. The topological polar surface area (TPSA) is 109 Å². The molecule has 0 unspecified atom stereocenters. The first-order valence-corrected chi connectivity index (χ1v) is 11.3. The molecule has 0 radical (unpaired) electrons. The highest BCUT2D eigenvalue weighted by Gasteiger charge is 2.14. The summed E-state index contributed by atoms with van der Waals surface area (Å²) in [6.07, 6.45) is 8.37. The number of nitrogens with zero attached hydrogens (tertiary/aromatic N) is 3. The summed E-state index contributed by atoms with van der Waals surface area (Å²) in [5.41, 5.74) is 1.23. The Labute approximate surface area is 207 Å². The number of alkyl halides is 2. The first-order valence-electron chi connectivity index (χ1n) is 11.3. The monoisotopic (exact) mass is 493 g/mol. The summed E-state index contributed by atoms with van der Waals surface area (Å²) < 4.78 is 36.1. The SMILES string of the molecule is CCCCCOc1c(C=CC(=O)Nc2cccnc2Nc2ccc(C#N)cn2)cccc1OC(F)F. The summed E-state index contributed by atoms with van der Waals surface area (Å²) in [6, 6.07) is 13.1. The van der Waals surface area contributed by atoms with E-state index in [4.69, 9.17) is 10.00 Å². The molecule has 1 aromatic carbocycles. The van der Waals surface area contributed by atoms with Crippen molar-refractivity contribution in [1.82, 2.24) is 9.97 Å². The predicted molar refractivity (Wildman–Crippen MR) is 132 cm³/mol. The summed E-state index contributed by atoms with van der Waals surface area (Å²) >= 11 is 0. The minimum absolute atomic E-state index is 0.0993. The molecule has 3 aromatic rings. The van der Waals surface area contributed by atoms with Gasteiger partial charge in [-0.15, -0.1) is 0 Å². The Morgan fingerprint density at radius 2 is 2.03 bits per heavy atom. The van der Waals surface area contributed by atoms with Crippen LogP contribution < -0.4 is 20.1 Å². The van der Waals surface area contributed by atoms with Crippen LogP contribution in [-0.4, -0.2) is 29.1 Å². The lowest BCUT2D eigenvalue weighted by Gasteiger charge is -2.14. The molecule has 186 valence electrons. The Morgan fingerprint density at radius 1 is 1.17 bits per heavy atom. The van der Waals surface area contributed by atoms with Crippen molar-refractivity contribution >= 4 is 29.3 Å². The second-order valence-electron chi connectivity index (χ2n) is 7.50. The third-order valence-electron chi connectivity index (χ3n) is 4.84. The van der Waals surface area contributed by atoms with Gasteiger partial charge in [-0.25, -0.2) is 9.97 Å². The molecule has 0 saturated heterocycles. The van der Waals surface area contributed by atoms with Crippen LogP contribution in [0, 0.1) is 11.3 Å². The van der Waals surface area contributed by atoms with Crippen molar-refractivity contribution in [3.63, 3.8) is 0 Å². The molecule has 0 aliphatic carbocycles. The third kappa shape index (κ3) is 7.77. The minimum Gasteiger partial charge on any atom is -0.489 e. The summed E-state index contributed by atoms with van der Waals surface area (Å²) in [5.74, 6) is 0.366. The van der Waals surface area contributed by atoms with Crippen LogP contribution in [0.4, 0.5) is 26.1 Å². The molecule has 0 bridgehead atoms. The van der Waals surface area contributed by atoms with Crippen LogP contribution in [0.5, 0.6) is 11.5 Å². The van der Waals surface area contributed by atoms with Crippen molar-refractivity contribution in [3.8, 4) is 17.6 Å². The minimum atomic E-state index is -3.01. The van der Waals surface area contributed by atoms with Crippen LogP contribution in [0.1, 0.15) is 37.3 Å². The number of pyridine rings is 2. The van der Waals surface area contributed by atoms with E-state index >= 15 is 0 Å². The van der Waals surface area contributed by atoms with Gasteiger partial charge in [-0.2, -0.15) is 14.0 Å². The zero-order valence-corrected chi connectivity index (χ0v) is 19.6. The maximum atomic E-state index is 12.9. The van der Waals surface area contributed by atoms with E-state index in [-0.39, 0.29) is 11.5 Å². The maximum Gasteiger partial charge on any atom is 0.387 e. The van der Waals surface area contributed by atoms with Crippen molar-refractivity contribution in [2.75, 3.05) is 17.2 Å². The Hall–Kier alpha value is -4.52. The fourth-order valence-electron chi connectivity index (χ4n) is 3.13. The van der Waals surface area contributed by atoms with E-state index in [1.54, 1.807) is 42.6 Å². The largest absolute Gasteiger partial charge is 0.489 e. The maximum absolute atomic E-state index is 12.9. The number of amides is 1. The second kappa shape index (κ2) is 13.4. The highest BCUT2D eigenvalue weighted by Crippen LogP contribution is 2.34. The van der Waals surface area contributed by atoms with E-state index in [0.717, 1.165) is 19.3 Å². The van der Waals surface area contributed by atoms with Gasteiger partial charge in [0.2, 0.25) is 5.91 Å². The number of ether oxygens (including phenoxy) is 2. The number of hydrogen-bond acceptors (Lipinski definition) is 7. The van der Waals surface area contributed by atoms with Gasteiger partial charge in [0.25, 0.3) is 0 Å². The molecule has 8 nitrogen and oxygen atoms in total. The van der Waals surface area contributed by atoms with Crippen molar-refractivity contribution < 1.29 is 23.0 Å². The van der Waals surface area contributed by atoms with Crippen LogP contribution >= 0.6 is 0 Å². The van der Waals surface area contributed by atoms with Gasteiger partial charge >= 0.3 is 6.61 Å². The van der Waals surface area contributed by atoms with E-state index in [0.29, 0.717) is 35.1 Å². The van der Waals surface area contributed by atoms with Crippen LogP contribution in [-0.2, 0) is 4.79 Å². The number of nitrogens with one attached hydrogen (secondary N) is 2. The van der Waals surface area contributed by atoms with Gasteiger partial charge in [-0.3, -0.25) is 4.79 Å². The highest BCUT2D eigenvalue weighted by molar-refractivity contribution is 6.03. The van der Waals surface area contributed by atoms with Crippen molar-refractivity contribution in [2.24, 2.45) is 0 Å². The third-order valence-corrected chi connectivity index (χ3v) is 4.84. The predicted octanol–water partition coefficient (Wildman–Crippen LogP) is 5.91. The van der Waals surface area contributed by atoms with Gasteiger partial charge in [-0.05, 0) is 42.8 Å². The molecule has 2 aromatic heterocycles. The number of unbranched alkanes of at least 4 members (excludes halogenated alkanes) is 2. The fraction of sp³-hybridized carbons (Fsp3) is 0.231. The number of benzene rings is 1. The number of aromatic nitrogens is 2. The van der Waals surface area contributed by atoms with Crippen molar-refractivity contribution in [1.29, 1.82) is 5.26 Å². The standard InChI is InChI=1S/C26H25F2N5O3/c1-2-3-4-15-35-24-19(7-5-9-21(24)36-26(27)28)11-13-23(34)32-20-8-6-14-30-25(20)33-22-12-10-18(16-29)17-31-22/h5-14,17,26H,2-4,15H2,1H3,(H,32,34)(H,30,31,33). The molecule has 0 saturated carbocycles. The van der Waals surface area contributed by atoms with Gasteiger partial charge in [0.1, 0.15) is 11.9 Å². The summed E-state index contributed by atoms with van der Waals surface area (Å²) in [6.45, 7) is -0.629. The van der Waals surface area contributed by atoms with E-state index in [1.165, 1.54) is 24.4 Å². The van der Waals surface area contributed by atoms with E-state index < -0.39 is 12.5 Å². The van der Waals surface area contributed by atoms with E-state index in [9.17, 15) is 13.6 Å². The lowest BCUT2D eigenvalue weighted by molar-refractivity contribution is -0.111. The number of carbonyl (C=O) groups is 1. The molecule has 1 amide bonds. The highest BCUT2D eigenvalue weighted by atomic mass is 19.3. The molecule has 0 fully saturated rings. The normalized spacial score (nSPS) is 10.8. The van der Waals surface area contributed by atoms with Gasteiger partial charge in [0.15, 0.2) is 17.3 Å². The molecule has 10 heteroatoms. The number of halogens is 2. The quantitative estimate of drug-likeness (QED) is 0.238. The first kappa shape index (κ1) is 26.1. The van der Waals surface area contributed by atoms with E-state index in [1.807, 2.05) is 13.0 Å². The molecule has 2 heterocycles. The van der Waals surface area contributed by atoms with E-state index in [2.05, 4.69) is 25.3 Å². The Morgan fingerprint density at radius 3 is 2.75 bits per heavy atom. The molecule has 2 N–H and O–H groups in total. The molecule has 0 atom stereocenters. The summed E-state index contributed by atoms with van der Waals surface area (Å²) in [4.78, 5) is 21.0. The van der Waals surface area contributed by atoms with Gasteiger partial charge < -0.3 is 20.1 Å². The number of nitriles is 1. The summed E-state index contributed by atoms with van der Waals surface area (Å²) in [5, 5.41) is 14.6. The average Bonchev–Trinajstić information content (AvgIpc) is 2.87. The molecular weight excluding hydrogens is 468 g/mol. The first-order chi connectivity index (χ1) is 17.5. The molecule has 36 heavy (non-hydrogen) atoms. The number of hydrogen-bond donors (Lipinski definition) is 2. The van der Waals surface area contributed by atoms with Crippen LogP contribution in [0.3, 0.4) is 0 Å². The van der Waals surface area contributed by atoms with Crippen LogP contribution in [0.2, 0.25) is 0 Å². The van der Waals surface area contributed by atoms with Crippen molar-refractivity contribution in [3.05, 3.63) is 72.1 Å². The van der Waals surface area contributed by atoms with Crippen molar-refractivity contribution in [2.45, 2.75) is 32.8 Å². The number of carbonyl (C=O) groups excluding carboxylic acids is 1.